The van der Waals surface area contributed by atoms with Crippen molar-refractivity contribution in [3.8, 4) is 0 Å². The van der Waals surface area contributed by atoms with E-state index in [9.17, 15) is 14.4 Å². The number of carboxylic acids is 2. The lowest BCUT2D eigenvalue weighted by Gasteiger charge is -2.20. The second kappa shape index (κ2) is 9.12. The van der Waals surface area contributed by atoms with Crippen molar-refractivity contribution in [2.24, 2.45) is 17.2 Å². The van der Waals surface area contributed by atoms with Crippen LogP contribution in [-0.4, -0.2) is 50.6 Å². The van der Waals surface area contributed by atoms with Gasteiger partial charge in [0.05, 0.1) is 11.7 Å². The maximum atomic E-state index is 12.6. The normalized spacial score (nSPS) is 18.8. The minimum absolute atomic E-state index is 0.104. The summed E-state index contributed by atoms with van der Waals surface area (Å²) in [7, 11) is 0. The van der Waals surface area contributed by atoms with Gasteiger partial charge in [-0.2, -0.15) is 0 Å². The molecule has 1 heterocycles. The van der Waals surface area contributed by atoms with Gasteiger partial charge in [-0.3, -0.25) is 14.4 Å². The molecule has 0 spiro atoms. The minimum atomic E-state index is -1.05. The number of carbonyl (C=O) groups is 3. The third-order valence-electron chi connectivity index (χ3n) is 5.07. The molecule has 9 heteroatoms. The summed E-state index contributed by atoms with van der Waals surface area (Å²) in [6, 6.07) is -2.35. The number of rotatable bonds is 10. The molecule has 3 atom stereocenters. The Morgan fingerprint density at radius 3 is 2.41 bits per heavy atom. The Balaban J connectivity index is 2.10. The van der Waals surface area contributed by atoms with Gasteiger partial charge >= 0.3 is 11.9 Å². The summed E-state index contributed by atoms with van der Waals surface area (Å²) in [6.45, 7) is 0.554. The molecule has 1 aromatic rings. The van der Waals surface area contributed by atoms with E-state index in [1.165, 1.54) is 0 Å². The zero-order valence-electron chi connectivity index (χ0n) is 15.3. The number of fused-ring (bicyclic) bond motifs is 1. The van der Waals surface area contributed by atoms with Gasteiger partial charge in [-0.05, 0) is 56.1 Å². The number of ketones is 1. The van der Waals surface area contributed by atoms with Gasteiger partial charge in [0, 0.05) is 12.7 Å². The van der Waals surface area contributed by atoms with Crippen molar-refractivity contribution in [1.82, 2.24) is 4.57 Å². The molecule has 8 N–H and O–H groups in total. The molecule has 0 saturated carbocycles. The number of aliphatic carboxylic acids is 2. The van der Waals surface area contributed by atoms with Gasteiger partial charge in [-0.15, -0.1) is 0 Å². The van der Waals surface area contributed by atoms with Gasteiger partial charge in [0.2, 0.25) is 0 Å². The quantitative estimate of drug-likeness (QED) is 0.349. The first-order chi connectivity index (χ1) is 12.7. The van der Waals surface area contributed by atoms with Crippen molar-refractivity contribution in [2.75, 3.05) is 0 Å². The molecule has 1 aliphatic carbocycles. The standard InChI is InChI=1S/C18H28N4O5/c19-12-7-5-11-10(4-6-14(21)18(26)27)9-22(15(11)16(12)23)8-2-1-3-13(20)17(24)25/h9,12-14H,1-8,19-21H2,(H,24,25)(H,26,27)/t12-,13-,14-/m0/s1. The fourth-order valence-electron chi connectivity index (χ4n) is 3.43. The summed E-state index contributed by atoms with van der Waals surface area (Å²) in [6.07, 6.45) is 5.57. The maximum Gasteiger partial charge on any atom is 0.320 e. The molecule has 1 aromatic heterocycles. The summed E-state index contributed by atoms with van der Waals surface area (Å²) in [5.74, 6) is -2.17. The summed E-state index contributed by atoms with van der Waals surface area (Å²) in [5.41, 5.74) is 19.5. The van der Waals surface area contributed by atoms with E-state index in [4.69, 9.17) is 27.4 Å². The third-order valence-corrected chi connectivity index (χ3v) is 5.07. The van der Waals surface area contributed by atoms with Crippen LogP contribution in [0.5, 0.6) is 0 Å². The van der Waals surface area contributed by atoms with Crippen molar-refractivity contribution in [3.63, 3.8) is 0 Å². The van der Waals surface area contributed by atoms with Crippen LogP contribution in [0.2, 0.25) is 0 Å². The molecule has 0 radical (unpaired) electrons. The van der Waals surface area contributed by atoms with Gasteiger partial charge in [-0.1, -0.05) is 0 Å². The minimum Gasteiger partial charge on any atom is -0.480 e. The maximum absolute atomic E-state index is 12.6. The van der Waals surface area contributed by atoms with Crippen molar-refractivity contribution >= 4 is 17.7 Å². The van der Waals surface area contributed by atoms with E-state index in [2.05, 4.69) is 0 Å². The fourth-order valence-corrected chi connectivity index (χ4v) is 3.43. The zero-order chi connectivity index (χ0) is 20.1. The highest BCUT2D eigenvalue weighted by Gasteiger charge is 2.30. The lowest BCUT2D eigenvalue weighted by molar-refractivity contribution is -0.139. The fraction of sp³-hybridized carbons (Fsp3) is 0.611. The number of hydrogen-bond acceptors (Lipinski definition) is 6. The van der Waals surface area contributed by atoms with Gasteiger partial charge < -0.3 is 32.0 Å². The predicted molar refractivity (Wildman–Crippen MR) is 98.5 cm³/mol. The summed E-state index contributed by atoms with van der Waals surface area (Å²) in [5, 5.41) is 17.8. The van der Waals surface area contributed by atoms with Crippen LogP contribution >= 0.6 is 0 Å². The number of nitrogens with two attached hydrogens (primary N) is 3. The highest BCUT2D eigenvalue weighted by atomic mass is 16.4. The van der Waals surface area contributed by atoms with Crippen molar-refractivity contribution in [1.29, 1.82) is 0 Å². The van der Waals surface area contributed by atoms with E-state index in [-0.39, 0.29) is 5.78 Å². The van der Waals surface area contributed by atoms with Crippen molar-refractivity contribution in [3.05, 3.63) is 23.0 Å². The Bertz CT molecular complexity index is 715. The molecule has 0 aromatic carbocycles. The van der Waals surface area contributed by atoms with Gasteiger partial charge in [0.15, 0.2) is 5.78 Å². The Labute approximate surface area is 157 Å². The van der Waals surface area contributed by atoms with E-state index >= 15 is 0 Å². The van der Waals surface area contributed by atoms with Crippen LogP contribution < -0.4 is 17.2 Å². The summed E-state index contributed by atoms with van der Waals surface area (Å²) < 4.78 is 1.87. The largest absolute Gasteiger partial charge is 0.480 e. The average Bonchev–Trinajstić information content (AvgIpc) is 2.97. The van der Waals surface area contributed by atoms with Gasteiger partial charge in [0.1, 0.15) is 12.1 Å². The van der Waals surface area contributed by atoms with Crippen LogP contribution in [0.3, 0.4) is 0 Å². The first kappa shape index (κ1) is 21.1. The zero-order valence-corrected chi connectivity index (χ0v) is 15.3. The molecule has 0 amide bonds. The molecule has 1 aliphatic rings. The van der Waals surface area contributed by atoms with Crippen LogP contribution in [-0.2, 0) is 29.0 Å². The van der Waals surface area contributed by atoms with E-state index in [0.717, 1.165) is 11.1 Å². The Hall–Kier alpha value is -2.23. The molecule has 0 aliphatic heterocycles. The number of aryl methyl sites for hydroxylation is 2. The molecular weight excluding hydrogens is 352 g/mol. The second-order valence-corrected chi connectivity index (χ2v) is 7.11. The molecule has 0 saturated heterocycles. The van der Waals surface area contributed by atoms with E-state index in [1.807, 2.05) is 10.8 Å². The predicted octanol–water partition coefficient (Wildman–Crippen LogP) is -0.129. The Morgan fingerprint density at radius 1 is 1.15 bits per heavy atom. The molecule has 27 heavy (non-hydrogen) atoms. The third kappa shape index (κ3) is 5.15. The molecular formula is C18H28N4O5. The van der Waals surface area contributed by atoms with E-state index in [0.29, 0.717) is 57.2 Å². The molecule has 2 rings (SSSR count). The molecule has 0 bridgehead atoms. The summed E-state index contributed by atoms with van der Waals surface area (Å²) in [4.78, 5) is 34.3. The SMILES string of the molecule is N[C@@H](CCCCn1cc(CC[C@H](N)C(=O)O)c2c1C(=O)[C@@H](N)CC2)C(=O)O. The molecule has 9 nitrogen and oxygen atoms in total. The first-order valence-electron chi connectivity index (χ1n) is 9.19. The highest BCUT2D eigenvalue weighted by molar-refractivity contribution is 6.01. The van der Waals surface area contributed by atoms with E-state index in [1.54, 1.807) is 0 Å². The molecule has 150 valence electrons. The number of aromatic nitrogens is 1. The highest BCUT2D eigenvalue weighted by Crippen LogP contribution is 2.28. The van der Waals surface area contributed by atoms with Gasteiger partial charge in [0.25, 0.3) is 0 Å². The van der Waals surface area contributed by atoms with Crippen LogP contribution in [0.15, 0.2) is 6.20 Å². The van der Waals surface area contributed by atoms with Crippen LogP contribution in [0.1, 0.15) is 53.7 Å². The number of carboxylic acid groups (broad SMARTS) is 2. The van der Waals surface area contributed by atoms with Crippen LogP contribution in [0.25, 0.3) is 0 Å². The van der Waals surface area contributed by atoms with E-state index < -0.39 is 30.1 Å². The Morgan fingerprint density at radius 2 is 1.78 bits per heavy atom. The number of hydrogen-bond donors (Lipinski definition) is 5. The molecule has 0 fully saturated rings. The average molecular weight is 380 g/mol. The molecule has 0 unspecified atom stereocenters. The number of nitrogens with zero attached hydrogens (tertiary/aromatic N) is 1. The Kier molecular flexibility index (Phi) is 7.11. The van der Waals surface area contributed by atoms with Crippen molar-refractivity contribution < 1.29 is 24.6 Å². The lowest BCUT2D eigenvalue weighted by Crippen LogP contribution is -2.36. The monoisotopic (exact) mass is 380 g/mol. The van der Waals surface area contributed by atoms with Crippen molar-refractivity contribution in [2.45, 2.75) is 69.6 Å². The first-order valence-corrected chi connectivity index (χ1v) is 9.19. The van der Waals surface area contributed by atoms with Gasteiger partial charge in [-0.25, -0.2) is 0 Å². The second-order valence-electron chi connectivity index (χ2n) is 7.11. The lowest BCUT2D eigenvalue weighted by atomic mass is 9.89. The number of carbonyl (C=O) groups excluding carboxylic acids is 1. The smallest absolute Gasteiger partial charge is 0.320 e. The topological polar surface area (TPSA) is 175 Å². The number of Topliss-reactive ketones (excluding diaryl/α,β-unsaturated/α-hetero) is 1. The van der Waals surface area contributed by atoms with Crippen LogP contribution in [0, 0.1) is 0 Å². The van der Waals surface area contributed by atoms with Crippen LogP contribution in [0.4, 0.5) is 0 Å². The number of unbranched alkanes of at least 4 members (excludes halogenated alkanes) is 1. The summed E-state index contributed by atoms with van der Waals surface area (Å²) >= 11 is 0.